The maximum Gasteiger partial charge on any atom is 0.271 e. The first-order valence-corrected chi connectivity index (χ1v) is 8.28. The summed E-state index contributed by atoms with van der Waals surface area (Å²) >= 11 is 6.13. The molecule has 112 valence electrons. The van der Waals surface area contributed by atoms with Crippen LogP contribution in [0.15, 0.2) is 12.1 Å². The Bertz CT molecular complexity index is 575. The fourth-order valence-corrected chi connectivity index (χ4v) is 4.81. The number of aromatic nitrogens is 1. The monoisotopic (exact) mass is 305 g/mol. The average Bonchev–Trinajstić information content (AvgIpc) is 2.86. The topological polar surface area (TPSA) is 54.0 Å². The minimum atomic E-state index is -0.126. The summed E-state index contributed by atoms with van der Waals surface area (Å²) in [6, 6.07) is 3.90. The zero-order valence-electron chi connectivity index (χ0n) is 12.1. The van der Waals surface area contributed by atoms with E-state index >= 15 is 0 Å². The predicted molar refractivity (Wildman–Crippen MR) is 82.5 cm³/mol. The molecule has 3 aliphatic rings. The Labute approximate surface area is 129 Å². The summed E-state index contributed by atoms with van der Waals surface area (Å²) < 4.78 is 0. The number of fused-ring (bicyclic) bond motifs is 5. The maximum absolute atomic E-state index is 12.5. The molecule has 1 heterocycles. The lowest BCUT2D eigenvalue weighted by molar-refractivity contribution is 0.0939. The van der Waals surface area contributed by atoms with E-state index in [9.17, 15) is 4.79 Å². The Kier molecular flexibility index (Phi) is 3.10. The van der Waals surface area contributed by atoms with Gasteiger partial charge in [0.2, 0.25) is 0 Å². The van der Waals surface area contributed by atoms with E-state index in [0.717, 1.165) is 30.2 Å². The molecular formula is C16H20ClN3O. The van der Waals surface area contributed by atoms with E-state index in [1.54, 1.807) is 12.1 Å². The lowest BCUT2D eigenvalue weighted by atomic mass is 10.0. The largest absolute Gasteiger partial charge is 0.370 e. The number of pyridine rings is 1. The molecule has 0 aliphatic heterocycles. The highest BCUT2D eigenvalue weighted by Crippen LogP contribution is 2.65. The molecule has 1 aromatic rings. The number of rotatable bonds is 4. The van der Waals surface area contributed by atoms with Gasteiger partial charge in [-0.15, -0.1) is 0 Å². The summed E-state index contributed by atoms with van der Waals surface area (Å²) in [7, 11) is 0. The van der Waals surface area contributed by atoms with Gasteiger partial charge >= 0.3 is 0 Å². The van der Waals surface area contributed by atoms with Crippen LogP contribution in [-0.2, 0) is 0 Å². The summed E-state index contributed by atoms with van der Waals surface area (Å²) in [5, 5.41) is 6.70. The number of hydrogen-bond donors (Lipinski definition) is 2. The highest BCUT2D eigenvalue weighted by Gasteiger charge is 2.65. The van der Waals surface area contributed by atoms with Crippen molar-refractivity contribution in [1.29, 1.82) is 0 Å². The summed E-state index contributed by atoms with van der Waals surface area (Å²) in [5.74, 6) is 3.72. The molecule has 2 bridgehead atoms. The molecule has 0 spiro atoms. The number of nitrogens with zero attached hydrogens (tertiary/aromatic N) is 1. The molecule has 4 unspecified atom stereocenters. The zero-order valence-corrected chi connectivity index (χ0v) is 12.9. The first kappa shape index (κ1) is 13.4. The van der Waals surface area contributed by atoms with E-state index in [4.69, 9.17) is 11.6 Å². The fourth-order valence-electron chi connectivity index (χ4n) is 4.62. The molecule has 0 aromatic carbocycles. The molecule has 3 fully saturated rings. The average molecular weight is 306 g/mol. The molecule has 4 nitrogen and oxygen atoms in total. The van der Waals surface area contributed by atoms with Crippen molar-refractivity contribution >= 4 is 23.3 Å². The lowest BCUT2D eigenvalue weighted by Gasteiger charge is -2.12. The first-order valence-electron chi connectivity index (χ1n) is 7.90. The smallest absolute Gasteiger partial charge is 0.271 e. The quantitative estimate of drug-likeness (QED) is 0.899. The van der Waals surface area contributed by atoms with Crippen LogP contribution in [0.4, 0.5) is 5.82 Å². The second-order valence-corrected chi connectivity index (χ2v) is 6.95. The fraction of sp³-hybridized carbons (Fsp3) is 0.625. The Morgan fingerprint density at radius 1 is 1.33 bits per heavy atom. The molecule has 2 N–H and O–H groups in total. The van der Waals surface area contributed by atoms with E-state index in [0.29, 0.717) is 22.6 Å². The van der Waals surface area contributed by atoms with Gasteiger partial charge in [0, 0.05) is 12.6 Å². The van der Waals surface area contributed by atoms with E-state index in [1.165, 1.54) is 19.3 Å². The molecule has 0 radical (unpaired) electrons. The van der Waals surface area contributed by atoms with Gasteiger partial charge in [0.1, 0.15) is 11.5 Å². The Hall–Kier alpha value is -1.29. The van der Waals surface area contributed by atoms with Gasteiger partial charge < -0.3 is 10.6 Å². The molecule has 0 saturated heterocycles. The standard InChI is InChI=1S/C16H20ClN3O/c1-2-18-11-6-5-10(17)14(19-11)16(21)20-15-12-8-3-4-9(7-8)13(12)15/h5-6,8-9,12-13,15H,2-4,7H2,1H3,(H,18,19)(H,20,21). The normalized spacial score (nSPS) is 35.4. The molecule has 3 aliphatic carbocycles. The van der Waals surface area contributed by atoms with Gasteiger partial charge in [0.15, 0.2) is 0 Å². The van der Waals surface area contributed by atoms with Crippen LogP contribution in [0.25, 0.3) is 0 Å². The van der Waals surface area contributed by atoms with Gasteiger partial charge in [-0.1, -0.05) is 11.6 Å². The number of anilines is 1. The number of carbonyl (C=O) groups is 1. The van der Waals surface area contributed by atoms with Gasteiger partial charge in [-0.2, -0.15) is 0 Å². The van der Waals surface area contributed by atoms with Crippen LogP contribution < -0.4 is 10.6 Å². The number of nitrogens with one attached hydrogen (secondary N) is 2. The molecule has 4 rings (SSSR count). The van der Waals surface area contributed by atoms with Crippen LogP contribution >= 0.6 is 11.6 Å². The summed E-state index contributed by atoms with van der Waals surface area (Å²) in [6.07, 6.45) is 4.09. The molecule has 21 heavy (non-hydrogen) atoms. The van der Waals surface area contributed by atoms with Gasteiger partial charge in [-0.25, -0.2) is 4.98 Å². The minimum Gasteiger partial charge on any atom is -0.370 e. The lowest BCUT2D eigenvalue weighted by Crippen LogP contribution is -2.31. The summed E-state index contributed by atoms with van der Waals surface area (Å²) in [5.41, 5.74) is 0.340. The molecule has 3 saturated carbocycles. The van der Waals surface area contributed by atoms with E-state index in [1.807, 2.05) is 6.92 Å². The molecule has 1 aromatic heterocycles. The maximum atomic E-state index is 12.5. The highest BCUT2D eigenvalue weighted by atomic mass is 35.5. The van der Waals surface area contributed by atoms with Crippen molar-refractivity contribution in [3.8, 4) is 0 Å². The van der Waals surface area contributed by atoms with E-state index < -0.39 is 0 Å². The van der Waals surface area contributed by atoms with Gasteiger partial charge in [0.05, 0.1) is 5.02 Å². The van der Waals surface area contributed by atoms with Crippen LogP contribution in [0.5, 0.6) is 0 Å². The van der Waals surface area contributed by atoms with Gasteiger partial charge in [0.25, 0.3) is 5.91 Å². The number of carbonyl (C=O) groups excluding carboxylic acids is 1. The number of halogens is 1. The second-order valence-electron chi connectivity index (χ2n) is 6.54. The highest BCUT2D eigenvalue weighted by molar-refractivity contribution is 6.33. The van der Waals surface area contributed by atoms with Crippen LogP contribution in [0, 0.1) is 23.7 Å². The van der Waals surface area contributed by atoms with E-state index in [2.05, 4.69) is 15.6 Å². The third kappa shape index (κ3) is 2.11. The molecule has 5 heteroatoms. The number of amides is 1. The SMILES string of the molecule is CCNc1ccc(Cl)c(C(=O)NC2C3C4CCC(C4)C23)n1. The second kappa shape index (κ2) is 4.87. The van der Waals surface area contributed by atoms with Crippen LogP contribution in [0.1, 0.15) is 36.7 Å². The van der Waals surface area contributed by atoms with Crippen molar-refractivity contribution in [1.82, 2.24) is 10.3 Å². The summed E-state index contributed by atoms with van der Waals surface area (Å²) in [6.45, 7) is 2.77. The summed E-state index contributed by atoms with van der Waals surface area (Å²) in [4.78, 5) is 16.8. The van der Waals surface area contributed by atoms with Crippen LogP contribution in [0.2, 0.25) is 5.02 Å². The Morgan fingerprint density at radius 3 is 2.71 bits per heavy atom. The molecular weight excluding hydrogens is 286 g/mol. The van der Waals surface area contributed by atoms with Crippen molar-refractivity contribution in [2.75, 3.05) is 11.9 Å². The van der Waals surface area contributed by atoms with Crippen LogP contribution in [-0.4, -0.2) is 23.5 Å². The van der Waals surface area contributed by atoms with Crippen molar-refractivity contribution in [2.45, 2.75) is 32.2 Å². The number of hydrogen-bond acceptors (Lipinski definition) is 3. The minimum absolute atomic E-state index is 0.126. The third-order valence-electron chi connectivity index (χ3n) is 5.45. The Morgan fingerprint density at radius 2 is 2.05 bits per heavy atom. The van der Waals surface area contributed by atoms with Crippen molar-refractivity contribution < 1.29 is 4.79 Å². The molecule has 4 atom stereocenters. The first-order chi connectivity index (χ1) is 10.2. The van der Waals surface area contributed by atoms with Crippen molar-refractivity contribution in [2.24, 2.45) is 23.7 Å². The van der Waals surface area contributed by atoms with Gasteiger partial charge in [-0.05, 0) is 62.0 Å². The van der Waals surface area contributed by atoms with E-state index in [-0.39, 0.29) is 5.91 Å². The van der Waals surface area contributed by atoms with Gasteiger partial charge in [-0.3, -0.25) is 4.79 Å². The van der Waals surface area contributed by atoms with Crippen molar-refractivity contribution in [3.05, 3.63) is 22.8 Å². The third-order valence-corrected chi connectivity index (χ3v) is 5.76. The van der Waals surface area contributed by atoms with Crippen LogP contribution in [0.3, 0.4) is 0 Å². The zero-order chi connectivity index (χ0) is 14.6. The predicted octanol–water partition coefficient (Wildman–Crippen LogP) is 2.94. The Balaban J connectivity index is 1.47. The van der Waals surface area contributed by atoms with Crippen molar-refractivity contribution in [3.63, 3.8) is 0 Å². The molecule has 1 amide bonds.